The minimum absolute atomic E-state index is 0.0120. The first-order chi connectivity index (χ1) is 14.4. The molecule has 0 bridgehead atoms. The van der Waals surface area contributed by atoms with E-state index in [1.54, 1.807) is 48.5 Å². The number of carbonyl (C=O) groups is 1. The van der Waals surface area contributed by atoms with E-state index in [0.717, 1.165) is 18.4 Å². The molecule has 0 aliphatic heterocycles. The Labute approximate surface area is 177 Å². The van der Waals surface area contributed by atoms with Crippen molar-refractivity contribution in [1.29, 1.82) is 0 Å². The monoisotopic (exact) mass is 420 g/mol. The number of fused-ring (bicyclic) bond motifs is 1. The Balaban J connectivity index is 1.48. The van der Waals surface area contributed by atoms with Gasteiger partial charge in [-0.25, -0.2) is 8.42 Å². The summed E-state index contributed by atoms with van der Waals surface area (Å²) >= 11 is 0. The summed E-state index contributed by atoms with van der Waals surface area (Å²) in [6.45, 7) is 1.91. The number of carbonyl (C=O) groups excluding carboxylic acids is 1. The summed E-state index contributed by atoms with van der Waals surface area (Å²) in [7, 11) is -2.15. The molecule has 0 heterocycles. The van der Waals surface area contributed by atoms with Crippen LogP contribution < -0.4 is 9.62 Å². The molecular formula is C24H24N2O3S. The van der Waals surface area contributed by atoms with Gasteiger partial charge in [0, 0.05) is 12.6 Å². The molecule has 0 radical (unpaired) electrons. The molecule has 0 aromatic heterocycles. The van der Waals surface area contributed by atoms with E-state index in [-0.39, 0.29) is 16.8 Å². The van der Waals surface area contributed by atoms with Gasteiger partial charge in [-0.15, -0.1) is 0 Å². The maximum absolute atomic E-state index is 12.9. The summed E-state index contributed by atoms with van der Waals surface area (Å²) in [5, 5.41) is 3.09. The van der Waals surface area contributed by atoms with Gasteiger partial charge in [0.15, 0.2) is 0 Å². The zero-order valence-corrected chi connectivity index (χ0v) is 17.8. The molecule has 154 valence electrons. The fourth-order valence-electron chi connectivity index (χ4n) is 3.78. The lowest BCUT2D eigenvalue weighted by molar-refractivity contribution is 0.0936. The standard InChI is InChI=1S/C24H24N2O3S/c1-17-7-14-21(15-8-17)30(28,29)26(2)20-12-9-19(10-13-20)24(27)25-23-16-11-18-5-3-4-6-22(18)23/h3-10,12-15,23H,11,16H2,1-2H3,(H,25,27). The van der Waals surface area contributed by atoms with Crippen LogP contribution in [0.1, 0.15) is 39.5 Å². The van der Waals surface area contributed by atoms with Crippen molar-refractivity contribution in [3.63, 3.8) is 0 Å². The molecule has 1 aliphatic carbocycles. The van der Waals surface area contributed by atoms with Crippen molar-refractivity contribution < 1.29 is 13.2 Å². The van der Waals surface area contributed by atoms with Crippen molar-refractivity contribution in [1.82, 2.24) is 5.32 Å². The lowest BCUT2D eigenvalue weighted by Crippen LogP contribution is -2.28. The number of amides is 1. The normalized spacial score (nSPS) is 15.5. The third kappa shape index (κ3) is 3.83. The molecule has 1 unspecified atom stereocenters. The van der Waals surface area contributed by atoms with E-state index in [9.17, 15) is 13.2 Å². The molecule has 3 aromatic carbocycles. The number of hydrogen-bond donors (Lipinski definition) is 1. The molecule has 1 N–H and O–H groups in total. The predicted octanol–water partition coefficient (Wildman–Crippen LogP) is 4.24. The number of rotatable bonds is 5. The largest absolute Gasteiger partial charge is 0.345 e. The summed E-state index contributed by atoms with van der Waals surface area (Å²) in [6, 6.07) is 21.5. The van der Waals surface area contributed by atoms with E-state index >= 15 is 0 Å². The van der Waals surface area contributed by atoms with Crippen LogP contribution in [0.3, 0.4) is 0 Å². The second-order valence-electron chi connectivity index (χ2n) is 7.60. The van der Waals surface area contributed by atoms with Gasteiger partial charge in [-0.3, -0.25) is 9.10 Å². The van der Waals surface area contributed by atoms with Gasteiger partial charge in [0.2, 0.25) is 0 Å². The number of hydrogen-bond acceptors (Lipinski definition) is 3. The number of aryl methyl sites for hydroxylation is 2. The molecule has 6 heteroatoms. The molecule has 5 nitrogen and oxygen atoms in total. The summed E-state index contributed by atoms with van der Waals surface area (Å²) in [4.78, 5) is 12.9. The van der Waals surface area contributed by atoms with Crippen molar-refractivity contribution in [3.8, 4) is 0 Å². The maximum atomic E-state index is 12.9. The van der Waals surface area contributed by atoms with Crippen LogP contribution >= 0.6 is 0 Å². The summed E-state index contributed by atoms with van der Waals surface area (Å²) in [5.74, 6) is -0.160. The molecule has 1 aliphatic rings. The zero-order chi connectivity index (χ0) is 21.3. The van der Waals surface area contributed by atoms with Crippen LogP contribution in [0.25, 0.3) is 0 Å². The predicted molar refractivity (Wildman–Crippen MR) is 118 cm³/mol. The first kappa shape index (κ1) is 20.2. The van der Waals surface area contributed by atoms with Crippen molar-refractivity contribution in [2.45, 2.75) is 30.7 Å². The van der Waals surface area contributed by atoms with Gasteiger partial charge >= 0.3 is 0 Å². The van der Waals surface area contributed by atoms with Crippen LogP contribution in [-0.2, 0) is 16.4 Å². The van der Waals surface area contributed by atoms with Crippen molar-refractivity contribution in [2.75, 3.05) is 11.4 Å². The Morgan fingerprint density at radius 3 is 2.33 bits per heavy atom. The molecule has 0 saturated heterocycles. The highest BCUT2D eigenvalue weighted by Crippen LogP contribution is 2.31. The van der Waals surface area contributed by atoms with Crippen LogP contribution in [0.5, 0.6) is 0 Å². The molecule has 1 atom stereocenters. The number of nitrogens with one attached hydrogen (secondary N) is 1. The fourth-order valence-corrected chi connectivity index (χ4v) is 4.97. The smallest absolute Gasteiger partial charge is 0.264 e. The average Bonchev–Trinajstić information content (AvgIpc) is 3.16. The van der Waals surface area contributed by atoms with Gasteiger partial charge < -0.3 is 5.32 Å². The summed E-state index contributed by atoms with van der Waals surface area (Å²) in [5.41, 5.74) is 4.45. The topological polar surface area (TPSA) is 66.5 Å². The highest BCUT2D eigenvalue weighted by molar-refractivity contribution is 7.92. The van der Waals surface area contributed by atoms with E-state index in [1.165, 1.54) is 22.5 Å². The van der Waals surface area contributed by atoms with Gasteiger partial charge in [0.05, 0.1) is 16.6 Å². The van der Waals surface area contributed by atoms with Gasteiger partial charge in [0.25, 0.3) is 15.9 Å². The highest BCUT2D eigenvalue weighted by atomic mass is 32.2. The van der Waals surface area contributed by atoms with Crippen molar-refractivity contribution in [3.05, 3.63) is 95.1 Å². The minimum atomic E-state index is -3.66. The number of benzene rings is 3. The molecule has 0 saturated carbocycles. The lowest BCUT2D eigenvalue weighted by Gasteiger charge is -2.20. The molecule has 30 heavy (non-hydrogen) atoms. The quantitative estimate of drug-likeness (QED) is 0.671. The molecular weight excluding hydrogens is 396 g/mol. The molecule has 1 amide bonds. The third-order valence-corrected chi connectivity index (χ3v) is 7.41. The molecule has 0 spiro atoms. The van der Waals surface area contributed by atoms with E-state index < -0.39 is 10.0 Å². The van der Waals surface area contributed by atoms with Crippen LogP contribution in [0.15, 0.2) is 77.7 Å². The Hall–Kier alpha value is -3.12. The van der Waals surface area contributed by atoms with Crippen molar-refractivity contribution in [2.24, 2.45) is 0 Å². The zero-order valence-electron chi connectivity index (χ0n) is 17.0. The SMILES string of the molecule is Cc1ccc(S(=O)(=O)N(C)c2ccc(C(=O)NC3CCc4ccccc43)cc2)cc1. The molecule has 3 aromatic rings. The van der Waals surface area contributed by atoms with Gasteiger partial charge in [-0.2, -0.15) is 0 Å². The van der Waals surface area contributed by atoms with E-state index in [0.29, 0.717) is 11.3 Å². The molecule has 4 rings (SSSR count). The Morgan fingerprint density at radius 1 is 0.967 bits per heavy atom. The number of sulfonamides is 1. The fraction of sp³-hybridized carbons (Fsp3) is 0.208. The van der Waals surface area contributed by atoms with Crippen LogP contribution in [-0.4, -0.2) is 21.4 Å². The van der Waals surface area contributed by atoms with Crippen LogP contribution in [0.4, 0.5) is 5.69 Å². The Bertz CT molecular complexity index is 1170. The summed E-state index contributed by atoms with van der Waals surface area (Å²) in [6.07, 6.45) is 1.85. The Kier molecular flexibility index (Phi) is 5.35. The third-order valence-electron chi connectivity index (χ3n) is 5.61. The van der Waals surface area contributed by atoms with Gasteiger partial charge in [-0.1, -0.05) is 42.0 Å². The van der Waals surface area contributed by atoms with Gasteiger partial charge in [0.1, 0.15) is 0 Å². The minimum Gasteiger partial charge on any atom is -0.345 e. The highest BCUT2D eigenvalue weighted by Gasteiger charge is 2.24. The average molecular weight is 421 g/mol. The molecule has 0 fully saturated rings. The van der Waals surface area contributed by atoms with Crippen molar-refractivity contribution >= 4 is 21.6 Å². The first-order valence-electron chi connectivity index (χ1n) is 9.90. The lowest BCUT2D eigenvalue weighted by atomic mass is 10.1. The van der Waals surface area contributed by atoms with E-state index in [1.807, 2.05) is 19.1 Å². The van der Waals surface area contributed by atoms with E-state index in [2.05, 4.69) is 17.4 Å². The van der Waals surface area contributed by atoms with Gasteiger partial charge in [-0.05, 0) is 67.3 Å². The second-order valence-corrected chi connectivity index (χ2v) is 9.57. The van der Waals surface area contributed by atoms with Crippen LogP contribution in [0, 0.1) is 6.92 Å². The number of nitrogens with zero attached hydrogens (tertiary/aromatic N) is 1. The summed E-state index contributed by atoms with van der Waals surface area (Å²) < 4.78 is 26.9. The van der Waals surface area contributed by atoms with E-state index in [4.69, 9.17) is 0 Å². The maximum Gasteiger partial charge on any atom is 0.264 e. The second kappa shape index (κ2) is 7.95. The Morgan fingerprint density at radius 2 is 1.63 bits per heavy atom. The van der Waals surface area contributed by atoms with Crippen LogP contribution in [0.2, 0.25) is 0 Å². The number of anilines is 1. The first-order valence-corrected chi connectivity index (χ1v) is 11.3.